The second-order valence-electron chi connectivity index (χ2n) is 3.51. The third-order valence-corrected chi connectivity index (χ3v) is 2.03. The predicted octanol–water partition coefficient (Wildman–Crippen LogP) is 0.170. The van der Waals surface area contributed by atoms with Crippen molar-refractivity contribution in [2.45, 2.75) is 0 Å². The van der Waals surface area contributed by atoms with Crippen LogP contribution in [0.25, 0.3) is 0 Å². The highest BCUT2D eigenvalue weighted by molar-refractivity contribution is 5.95. The summed E-state index contributed by atoms with van der Waals surface area (Å²) < 4.78 is 5.01. The van der Waals surface area contributed by atoms with Gasteiger partial charge >= 0.3 is 12.0 Å². The summed E-state index contributed by atoms with van der Waals surface area (Å²) in [4.78, 5) is 37.1. The first-order valence-corrected chi connectivity index (χ1v) is 5.53. The zero-order chi connectivity index (χ0) is 15.0. The summed E-state index contributed by atoms with van der Waals surface area (Å²) in [7, 11) is 0. The number of aromatic nitrogens is 1. The van der Waals surface area contributed by atoms with Crippen molar-refractivity contribution >= 4 is 17.9 Å². The number of urea groups is 1. The second-order valence-corrected chi connectivity index (χ2v) is 3.51. The van der Waals surface area contributed by atoms with Crippen molar-refractivity contribution in [2.75, 3.05) is 13.2 Å². The molecule has 0 bridgehead atoms. The van der Waals surface area contributed by atoms with Gasteiger partial charge in [-0.3, -0.25) is 15.1 Å². The monoisotopic (exact) mass is 279 g/mol. The van der Waals surface area contributed by atoms with E-state index < -0.39 is 24.5 Å². The number of hydrogen-bond donors (Lipinski definition) is 3. The molecule has 20 heavy (non-hydrogen) atoms. The number of ether oxygens (including phenoxy) is 1. The summed E-state index contributed by atoms with van der Waals surface area (Å²) in [5.74, 6) is -1.97. The normalized spacial score (nSPS) is 9.40. The summed E-state index contributed by atoms with van der Waals surface area (Å²) in [5, 5.41) is 13.2. The van der Waals surface area contributed by atoms with Gasteiger partial charge in [0, 0.05) is 12.7 Å². The van der Waals surface area contributed by atoms with Crippen LogP contribution in [0.4, 0.5) is 4.79 Å². The molecule has 8 nitrogen and oxygen atoms in total. The molecule has 0 radical (unpaired) electrons. The van der Waals surface area contributed by atoms with Crippen LogP contribution in [0.5, 0.6) is 5.75 Å². The minimum Gasteiger partial charge on any atom is -0.481 e. The van der Waals surface area contributed by atoms with Gasteiger partial charge in [0.1, 0.15) is 5.56 Å². The molecule has 0 fully saturated rings. The first kappa shape index (κ1) is 15.2. The van der Waals surface area contributed by atoms with Crippen molar-refractivity contribution in [2.24, 2.45) is 0 Å². The Balaban J connectivity index is 2.51. The molecule has 0 aliphatic rings. The van der Waals surface area contributed by atoms with E-state index in [1.807, 2.05) is 5.32 Å². The molecule has 0 spiro atoms. The van der Waals surface area contributed by atoms with Crippen LogP contribution in [0.15, 0.2) is 31.1 Å². The fraction of sp³-hybridized carbons (Fsp3) is 0.167. The highest BCUT2D eigenvalue weighted by Crippen LogP contribution is 2.15. The van der Waals surface area contributed by atoms with Gasteiger partial charge in [-0.05, 0) is 6.07 Å². The molecule has 1 aromatic heterocycles. The van der Waals surface area contributed by atoms with Gasteiger partial charge in [0.25, 0.3) is 5.91 Å². The number of carbonyl (C=O) groups excluding carboxylic acids is 2. The fourth-order valence-corrected chi connectivity index (χ4v) is 1.19. The maximum Gasteiger partial charge on any atom is 0.339 e. The molecule has 3 amide bonds. The van der Waals surface area contributed by atoms with E-state index in [0.717, 1.165) is 0 Å². The van der Waals surface area contributed by atoms with Crippen molar-refractivity contribution in [3.63, 3.8) is 0 Å². The van der Waals surface area contributed by atoms with Gasteiger partial charge in [-0.1, -0.05) is 6.08 Å². The molecule has 0 aromatic carbocycles. The number of aromatic carboxylic acids is 1. The Morgan fingerprint density at radius 2 is 2.20 bits per heavy atom. The number of carbonyl (C=O) groups is 3. The lowest BCUT2D eigenvalue weighted by Gasteiger charge is -2.08. The standard InChI is InChI=1S/C12H13N3O5/c1-2-4-14-12(19)15-10(16)7-20-9-6-13-5-3-8(9)11(17)18/h2-3,5-6H,1,4,7H2,(H,17,18)(H2,14,15,16,19). The number of nitrogens with zero attached hydrogens (tertiary/aromatic N) is 1. The van der Waals surface area contributed by atoms with Crippen molar-refractivity contribution < 1.29 is 24.2 Å². The zero-order valence-corrected chi connectivity index (χ0v) is 10.5. The van der Waals surface area contributed by atoms with E-state index in [-0.39, 0.29) is 17.9 Å². The van der Waals surface area contributed by atoms with E-state index in [4.69, 9.17) is 9.84 Å². The molecular formula is C12H13N3O5. The smallest absolute Gasteiger partial charge is 0.339 e. The Morgan fingerprint density at radius 3 is 2.85 bits per heavy atom. The summed E-state index contributed by atoms with van der Waals surface area (Å²) in [5.41, 5.74) is -0.121. The Hall–Kier alpha value is -2.90. The molecule has 1 aromatic rings. The van der Waals surface area contributed by atoms with Gasteiger partial charge in [0.15, 0.2) is 12.4 Å². The Bertz CT molecular complexity index is 530. The number of imide groups is 1. The van der Waals surface area contributed by atoms with E-state index in [0.29, 0.717) is 0 Å². The van der Waals surface area contributed by atoms with E-state index >= 15 is 0 Å². The number of hydrogen-bond acceptors (Lipinski definition) is 5. The van der Waals surface area contributed by atoms with Crippen LogP contribution in [-0.2, 0) is 4.79 Å². The summed E-state index contributed by atoms with van der Waals surface area (Å²) in [6.45, 7) is 3.11. The molecule has 106 valence electrons. The lowest BCUT2D eigenvalue weighted by molar-refractivity contribution is -0.122. The minimum atomic E-state index is -1.20. The molecule has 8 heteroatoms. The number of amides is 3. The number of carboxylic acid groups (broad SMARTS) is 1. The lowest BCUT2D eigenvalue weighted by Crippen LogP contribution is -2.41. The van der Waals surface area contributed by atoms with E-state index in [2.05, 4.69) is 16.9 Å². The maximum atomic E-state index is 11.4. The molecule has 0 saturated heterocycles. The maximum absolute atomic E-state index is 11.4. The molecule has 0 aliphatic heterocycles. The van der Waals surface area contributed by atoms with Gasteiger partial charge in [-0.2, -0.15) is 0 Å². The quantitative estimate of drug-likeness (QED) is 0.639. The van der Waals surface area contributed by atoms with Gasteiger partial charge in [0.05, 0.1) is 6.20 Å². The lowest BCUT2D eigenvalue weighted by atomic mass is 10.2. The Kier molecular flexibility index (Phi) is 5.70. The van der Waals surface area contributed by atoms with Gasteiger partial charge in [0.2, 0.25) is 0 Å². The number of carboxylic acids is 1. The third-order valence-electron chi connectivity index (χ3n) is 2.03. The summed E-state index contributed by atoms with van der Waals surface area (Å²) in [6.07, 6.45) is 3.92. The largest absolute Gasteiger partial charge is 0.481 e. The Labute approximate surface area is 114 Å². The zero-order valence-electron chi connectivity index (χ0n) is 10.5. The van der Waals surface area contributed by atoms with E-state index in [9.17, 15) is 14.4 Å². The predicted molar refractivity (Wildman–Crippen MR) is 68.4 cm³/mol. The van der Waals surface area contributed by atoms with Gasteiger partial charge < -0.3 is 15.2 Å². The molecule has 1 rings (SSSR count). The minimum absolute atomic E-state index is 0.0540. The molecule has 0 aliphatic carbocycles. The van der Waals surface area contributed by atoms with Crippen LogP contribution in [0, 0.1) is 0 Å². The van der Waals surface area contributed by atoms with Crippen LogP contribution in [-0.4, -0.2) is 41.1 Å². The van der Waals surface area contributed by atoms with E-state index in [1.54, 1.807) is 0 Å². The van der Waals surface area contributed by atoms with Crippen molar-refractivity contribution in [3.05, 3.63) is 36.7 Å². The third kappa shape index (κ3) is 4.77. The van der Waals surface area contributed by atoms with Gasteiger partial charge in [-0.15, -0.1) is 6.58 Å². The van der Waals surface area contributed by atoms with Crippen molar-refractivity contribution in [1.29, 1.82) is 0 Å². The van der Waals surface area contributed by atoms with Crippen LogP contribution < -0.4 is 15.4 Å². The van der Waals surface area contributed by atoms with Crippen LogP contribution in [0.1, 0.15) is 10.4 Å². The first-order chi connectivity index (χ1) is 9.54. The van der Waals surface area contributed by atoms with Crippen molar-refractivity contribution in [1.82, 2.24) is 15.6 Å². The average Bonchev–Trinajstić information content (AvgIpc) is 2.43. The molecule has 0 atom stereocenters. The molecule has 1 heterocycles. The second kappa shape index (κ2) is 7.52. The topological polar surface area (TPSA) is 118 Å². The highest BCUT2D eigenvalue weighted by Gasteiger charge is 2.13. The SMILES string of the molecule is C=CCNC(=O)NC(=O)COc1cnccc1C(=O)O. The van der Waals surface area contributed by atoms with Crippen molar-refractivity contribution in [3.8, 4) is 5.75 Å². The highest BCUT2D eigenvalue weighted by atomic mass is 16.5. The first-order valence-electron chi connectivity index (χ1n) is 5.53. The Morgan fingerprint density at radius 1 is 1.45 bits per heavy atom. The van der Waals surface area contributed by atoms with Crippen LogP contribution in [0.3, 0.4) is 0 Å². The summed E-state index contributed by atoms with van der Waals surface area (Å²) in [6, 6.07) is 0.551. The number of rotatable bonds is 6. The van der Waals surface area contributed by atoms with E-state index in [1.165, 1.54) is 24.5 Å². The molecule has 0 unspecified atom stereocenters. The fourth-order valence-electron chi connectivity index (χ4n) is 1.19. The number of pyridine rings is 1. The molecule has 0 saturated carbocycles. The van der Waals surface area contributed by atoms with Crippen LogP contribution >= 0.6 is 0 Å². The summed E-state index contributed by atoms with van der Waals surface area (Å²) >= 11 is 0. The average molecular weight is 279 g/mol. The van der Waals surface area contributed by atoms with Crippen LogP contribution in [0.2, 0.25) is 0 Å². The number of nitrogens with one attached hydrogen (secondary N) is 2. The molecule has 3 N–H and O–H groups in total. The molecular weight excluding hydrogens is 266 g/mol. The van der Waals surface area contributed by atoms with Gasteiger partial charge in [-0.25, -0.2) is 9.59 Å².